The number of aliphatic imine (C=N–C) groups is 2. The third-order valence-electron chi connectivity index (χ3n) is 11.7. The number of allylic oxidation sites excluding steroid dienone is 2. The summed E-state index contributed by atoms with van der Waals surface area (Å²) >= 11 is 8.81. The minimum Gasteiger partial charge on any atom is -0.408 e. The van der Waals surface area contributed by atoms with Crippen LogP contribution in [0.25, 0.3) is 22.0 Å². The zero-order valence-corrected chi connectivity index (χ0v) is 40.9. The van der Waals surface area contributed by atoms with E-state index in [0.717, 1.165) is 19.1 Å². The number of amides is 1. The maximum atomic E-state index is 15.4. The fraction of sp³-hybridized carbons (Fsp3) is 0.455. The van der Waals surface area contributed by atoms with Gasteiger partial charge >= 0.3 is 0 Å². The van der Waals surface area contributed by atoms with Gasteiger partial charge in [0.2, 0.25) is 11.8 Å². The molecule has 0 radical (unpaired) electrons. The Hall–Kier alpha value is -4.81. The molecule has 2 aromatic heterocycles. The van der Waals surface area contributed by atoms with Gasteiger partial charge in [0.15, 0.2) is 15.7 Å². The molecule has 67 heavy (non-hydrogen) atoms. The topological polar surface area (TPSA) is 224 Å². The predicted molar refractivity (Wildman–Crippen MR) is 252 cm³/mol. The maximum Gasteiger partial charge on any atom is 0.295 e. The number of hydrogen-bond acceptors (Lipinski definition) is 11. The Kier molecular flexibility index (Phi) is 14.9. The van der Waals surface area contributed by atoms with E-state index in [1.165, 1.54) is 24.6 Å². The second-order valence-corrected chi connectivity index (χ2v) is 22.2. The van der Waals surface area contributed by atoms with Crippen molar-refractivity contribution in [1.29, 1.82) is 5.41 Å². The van der Waals surface area contributed by atoms with Crippen molar-refractivity contribution in [2.45, 2.75) is 107 Å². The van der Waals surface area contributed by atoms with E-state index in [-0.39, 0.29) is 46.7 Å². The number of carbonyl (C=O) groups excluding carboxylic acids is 1. The first-order chi connectivity index (χ1) is 31.0. The molecule has 0 unspecified atom stereocenters. The zero-order chi connectivity index (χ0) is 49.7. The molecule has 2 heterocycles. The quantitative estimate of drug-likeness (QED) is 0.0335. The molecule has 2 aliphatic rings. The summed E-state index contributed by atoms with van der Waals surface area (Å²) in [6, 6.07) is 5.65. The van der Waals surface area contributed by atoms with Crippen molar-refractivity contribution >= 4 is 84.3 Å². The first-order valence-electron chi connectivity index (χ1n) is 20.9. The Morgan fingerprint density at radius 3 is 2.36 bits per heavy atom. The van der Waals surface area contributed by atoms with E-state index in [9.17, 15) is 35.9 Å². The molecule has 362 valence electrons. The molecule has 0 bridgehead atoms. The summed E-state index contributed by atoms with van der Waals surface area (Å²) in [6.45, 7) is 6.01. The van der Waals surface area contributed by atoms with Crippen LogP contribution in [-0.4, -0.2) is 86.3 Å². The Labute approximate surface area is 401 Å². The predicted octanol–water partition coefficient (Wildman–Crippen LogP) is 8.16. The van der Waals surface area contributed by atoms with Gasteiger partial charge in [0, 0.05) is 39.3 Å². The first kappa shape index (κ1) is 51.6. The lowest BCUT2D eigenvalue weighted by atomic mass is 9.93. The van der Waals surface area contributed by atoms with Gasteiger partial charge in [0.25, 0.3) is 18.4 Å². The normalized spacial score (nSPS) is 18.8. The lowest BCUT2D eigenvalue weighted by Crippen LogP contribution is -2.36. The summed E-state index contributed by atoms with van der Waals surface area (Å²) in [6.07, 6.45) is -2.79. The molecule has 23 heteroatoms. The van der Waals surface area contributed by atoms with Crippen LogP contribution >= 0.6 is 34.2 Å². The number of fused-ring (bicyclic) bond motifs is 1. The average Bonchev–Trinajstić information content (AvgIpc) is 3.99. The van der Waals surface area contributed by atoms with Crippen molar-refractivity contribution < 1.29 is 49.4 Å². The lowest BCUT2D eigenvalue weighted by molar-refractivity contribution is -0.120. The van der Waals surface area contributed by atoms with Crippen molar-refractivity contribution in [3.8, 4) is 11.1 Å². The number of nitrogens with zero attached hydrogens (tertiary/aromatic N) is 5. The summed E-state index contributed by atoms with van der Waals surface area (Å²) in [5.41, 5.74) is 8.62. The molecule has 0 saturated heterocycles. The Balaban J connectivity index is 1.54. The maximum absolute atomic E-state index is 15.4. The minimum atomic E-state index is -3.71. The van der Waals surface area contributed by atoms with E-state index in [1.54, 1.807) is 33.0 Å². The highest BCUT2D eigenvalue weighted by Crippen LogP contribution is 2.44. The number of nitrogens with one attached hydrogen (secondary N) is 2. The van der Waals surface area contributed by atoms with Gasteiger partial charge in [-0.05, 0) is 119 Å². The summed E-state index contributed by atoms with van der Waals surface area (Å²) in [7, 11) is -1.98. The number of alkyl halides is 4. The monoisotopic (exact) mass is 1090 g/mol. The molecule has 2 aromatic carbocycles. The molecule has 14 nitrogen and oxygen atoms in total. The summed E-state index contributed by atoms with van der Waals surface area (Å²) in [4.78, 5) is 27.1. The van der Waals surface area contributed by atoms with E-state index < -0.39 is 109 Å². The number of sulfone groups is 1. The fourth-order valence-electron chi connectivity index (χ4n) is 7.72. The molecule has 2 saturated carbocycles. The number of aliphatic hydroxyl groups is 1. The van der Waals surface area contributed by atoms with E-state index in [4.69, 9.17) is 38.2 Å². The molecular formula is C44H49ClF6IN9O5S. The summed E-state index contributed by atoms with van der Waals surface area (Å²) in [5.74, 6) is -8.75. The molecule has 0 aliphatic heterocycles. The number of benzene rings is 2. The van der Waals surface area contributed by atoms with Crippen LogP contribution in [0.1, 0.15) is 83.3 Å². The Bertz CT molecular complexity index is 2820. The van der Waals surface area contributed by atoms with Crippen LogP contribution in [0.4, 0.5) is 32.2 Å². The number of rotatable bonds is 15. The molecule has 2 fully saturated rings. The number of hydrogen-bond donors (Lipinski definition) is 5. The molecule has 0 spiro atoms. The van der Waals surface area contributed by atoms with Crippen LogP contribution in [0.5, 0.6) is 0 Å². The van der Waals surface area contributed by atoms with Crippen LogP contribution < -0.4 is 16.8 Å². The smallest absolute Gasteiger partial charge is 0.295 e. The van der Waals surface area contributed by atoms with Gasteiger partial charge in [-0.2, -0.15) is 18.9 Å². The number of amidine groups is 1. The molecular weight excluding hydrogens is 1040 g/mol. The summed E-state index contributed by atoms with van der Waals surface area (Å²) < 4.78 is 121. The number of halogens is 8. The van der Waals surface area contributed by atoms with Gasteiger partial charge in [-0.3, -0.25) is 24.9 Å². The van der Waals surface area contributed by atoms with Gasteiger partial charge in [-0.15, -0.1) is 0 Å². The van der Waals surface area contributed by atoms with Gasteiger partial charge in [-0.1, -0.05) is 24.6 Å². The largest absolute Gasteiger partial charge is 0.408 e. The number of aryl methyl sites for hydroxylation is 2. The van der Waals surface area contributed by atoms with E-state index in [2.05, 4.69) is 20.4 Å². The van der Waals surface area contributed by atoms with Gasteiger partial charge in [-0.25, -0.2) is 26.0 Å². The van der Waals surface area contributed by atoms with Crippen LogP contribution in [0.3, 0.4) is 0 Å². The highest BCUT2D eigenvalue weighted by atomic mass is 127. The number of carbonyl (C=O) groups is 1. The Morgan fingerprint density at radius 2 is 1.76 bits per heavy atom. The van der Waals surface area contributed by atoms with Gasteiger partial charge in [0.1, 0.15) is 29.5 Å². The lowest BCUT2D eigenvalue weighted by Gasteiger charge is -2.26. The molecule has 2 aliphatic carbocycles. The SMILES string of the molecule is C[C@@H]1CC(=C(N)C(F)F)C(=NCC(=O)N[C@@H](Cc2cc(F)cc(F)c2)c2nc(CCC(C)(C)S(=O)(=O)C3CC3)c(I)cc2-c2ccc(Cl)c3c(N=C(N)OC(=N)C(C)(C)O)nn(C)c23)C1(F)F. The Morgan fingerprint density at radius 1 is 1.12 bits per heavy atom. The van der Waals surface area contributed by atoms with Gasteiger partial charge in [0.05, 0.1) is 49.0 Å². The van der Waals surface area contributed by atoms with Crippen LogP contribution in [0.2, 0.25) is 5.02 Å². The zero-order valence-electron chi connectivity index (χ0n) is 37.1. The van der Waals surface area contributed by atoms with Crippen molar-refractivity contribution in [2.75, 3.05) is 6.54 Å². The summed E-state index contributed by atoms with van der Waals surface area (Å²) in [5, 5.41) is 25.3. The minimum absolute atomic E-state index is 0.0372. The third kappa shape index (κ3) is 11.1. The standard InChI is InChI=1S/C44H49ClF6IN9O5S/c1-20-13-27(34(53)38(48)49)37(44(20,50)51)56-19-32(62)57-31(16-21-14-22(46)17-23(47)15-21)35-26(18-29(52)30(58-35)11-12-42(2,3)67(64,65)24-7-8-24)25-9-10-28(45)33-36(25)61(6)60-39(33)59-41(55)66-40(54)43(4,5)63/h9-10,14-15,17-18,20,24,31,38,54,63H,7-8,11-13,16,19,53H2,1-6H3,(H,57,62)(H2,55,59,60)/t20-,31+/m1/s1. The second kappa shape index (κ2) is 19.3. The van der Waals surface area contributed by atoms with E-state index in [1.807, 2.05) is 22.6 Å². The van der Waals surface area contributed by atoms with Crippen molar-refractivity contribution in [1.82, 2.24) is 20.1 Å². The molecule has 1 amide bonds. The van der Waals surface area contributed by atoms with Crippen LogP contribution in [-0.2, 0) is 39.3 Å². The highest BCUT2D eigenvalue weighted by molar-refractivity contribution is 14.1. The number of nitrogens with two attached hydrogens (primary N) is 2. The number of pyridine rings is 1. The highest BCUT2D eigenvalue weighted by Gasteiger charge is 2.51. The number of aromatic nitrogens is 3. The fourth-order valence-corrected chi connectivity index (χ4v) is 10.7. The van der Waals surface area contributed by atoms with Crippen LogP contribution in [0, 0.1) is 26.5 Å². The molecule has 7 N–H and O–H groups in total. The third-order valence-corrected chi connectivity index (χ3v) is 16.0. The molecule has 2 atom stereocenters. The van der Waals surface area contributed by atoms with Crippen molar-refractivity contribution in [3.63, 3.8) is 0 Å². The van der Waals surface area contributed by atoms with Gasteiger partial charge < -0.3 is 26.6 Å². The molecule has 6 rings (SSSR count). The molecule has 4 aromatic rings. The van der Waals surface area contributed by atoms with E-state index in [0.29, 0.717) is 44.8 Å². The van der Waals surface area contributed by atoms with Crippen molar-refractivity contribution in [2.24, 2.45) is 34.4 Å². The first-order valence-corrected chi connectivity index (χ1v) is 23.9. The second-order valence-electron chi connectivity index (χ2n) is 17.8. The van der Waals surface area contributed by atoms with E-state index >= 15 is 8.78 Å². The average molecular weight is 1090 g/mol. The number of ether oxygens (including phenoxy) is 1. The van der Waals surface area contributed by atoms with Crippen molar-refractivity contribution in [3.05, 3.63) is 84.8 Å². The van der Waals surface area contributed by atoms with Crippen LogP contribution in [0.15, 0.2) is 57.7 Å².